The Kier molecular flexibility index (Phi) is 3.87. The summed E-state index contributed by atoms with van der Waals surface area (Å²) in [4.78, 5) is 0. The lowest BCUT2D eigenvalue weighted by molar-refractivity contribution is 1.08. The number of hydrogen-bond donors (Lipinski definition) is 0. The summed E-state index contributed by atoms with van der Waals surface area (Å²) in [5.74, 6) is 0. The normalized spacial score (nSPS) is 13.1. The molecule has 5 heteroatoms. The van der Waals surface area contributed by atoms with Crippen LogP contribution in [0.25, 0.3) is 0 Å². The summed E-state index contributed by atoms with van der Waals surface area (Å²) >= 11 is 0. The second kappa shape index (κ2) is 3.60. The second-order valence-corrected chi connectivity index (χ2v) is 3.74. The average molecular weight is 118 g/mol. The summed E-state index contributed by atoms with van der Waals surface area (Å²) in [7, 11) is 14.1. The van der Waals surface area contributed by atoms with E-state index in [1.807, 2.05) is 0 Å². The molecule has 0 rings (SSSR count). The van der Waals surface area contributed by atoms with Crippen molar-refractivity contribution < 1.29 is 0 Å². The first kappa shape index (κ1) is 8.61. The van der Waals surface area contributed by atoms with Crippen molar-refractivity contribution in [2.45, 2.75) is 19.7 Å². The Morgan fingerprint density at radius 1 is 1.38 bits per heavy atom. The molecule has 0 aliphatic rings. The molecule has 0 aromatic carbocycles. The number of rotatable bonds is 3. The lowest BCUT2D eigenvalue weighted by atomic mass is 10.0. The highest BCUT2D eigenvalue weighted by Crippen LogP contribution is 2.28. The third-order valence-electron chi connectivity index (χ3n) is 0.695. The summed E-state index contributed by atoms with van der Waals surface area (Å²) < 4.78 is 0. The van der Waals surface area contributed by atoms with Gasteiger partial charge in [0, 0.05) is 0 Å². The van der Waals surface area contributed by atoms with Gasteiger partial charge in [-0.2, -0.15) is 0 Å². The molecule has 0 bridgehead atoms. The molecule has 0 nitrogen and oxygen atoms in total. The molecule has 0 aromatic rings. The Morgan fingerprint density at radius 3 is 2.00 bits per heavy atom. The first-order valence-electron chi connectivity index (χ1n) is 2.56. The standard InChI is InChI=1S/C3H7B4S/c1-2-3-7-8(4,5)6/h2-3H2,1H3. The van der Waals surface area contributed by atoms with E-state index < -0.39 is 9.43 Å². The van der Waals surface area contributed by atoms with Crippen molar-refractivity contribution in [3.63, 3.8) is 0 Å². The molecule has 0 aliphatic heterocycles. The third-order valence-corrected chi connectivity index (χ3v) is 1.51. The maximum Gasteiger partial charge on any atom is 0.138 e. The fourth-order valence-corrected chi connectivity index (χ4v) is 0.966. The van der Waals surface area contributed by atoms with E-state index in [-0.39, 0.29) is 0 Å². The summed E-state index contributed by atoms with van der Waals surface area (Å²) in [6, 6.07) is 0. The minimum absolute atomic E-state index is 0.916. The van der Waals surface area contributed by atoms with Crippen molar-refractivity contribution in [1.82, 2.24) is 0 Å². The molecule has 0 amide bonds. The van der Waals surface area contributed by atoms with E-state index in [0.29, 0.717) is 0 Å². The van der Waals surface area contributed by atoms with Gasteiger partial charge < -0.3 is 9.43 Å². The molecule has 0 saturated carbocycles. The predicted octanol–water partition coefficient (Wildman–Crippen LogP) is 0.489. The Bertz CT molecular complexity index is 58.8. The molecule has 0 N–H and O–H groups in total. The molecule has 7 radical (unpaired) electrons. The molecule has 8 heavy (non-hydrogen) atoms. The van der Waals surface area contributed by atoms with Gasteiger partial charge in [0.25, 0.3) is 0 Å². The molecule has 0 fully saturated rings. The van der Waals surface area contributed by atoms with Crippen LogP contribution in [0.1, 0.15) is 13.3 Å². The van der Waals surface area contributed by atoms with E-state index >= 15 is 0 Å². The van der Waals surface area contributed by atoms with Crippen molar-refractivity contribution >= 4 is 37.4 Å². The molecule has 0 aromatic heterocycles. The van der Waals surface area contributed by atoms with Crippen LogP contribution in [0.5, 0.6) is 0 Å². The van der Waals surface area contributed by atoms with E-state index in [4.69, 9.17) is 21.4 Å². The monoisotopic (exact) mass is 119 g/mol. The minimum Gasteiger partial charge on any atom is -0.401 e. The van der Waals surface area contributed by atoms with Crippen LogP contribution in [0, 0.1) is 0 Å². The fraction of sp³-hybridized carbons (Fsp3) is 1.00. The van der Waals surface area contributed by atoms with E-state index in [2.05, 4.69) is 6.92 Å². The van der Waals surface area contributed by atoms with E-state index in [1.54, 1.807) is 6.56 Å². The first-order chi connectivity index (χ1) is 3.56. The van der Waals surface area contributed by atoms with Gasteiger partial charge in [0.15, 0.2) is 0 Å². The van der Waals surface area contributed by atoms with E-state index in [9.17, 15) is 0 Å². The maximum atomic E-state index is 5.30. The van der Waals surface area contributed by atoms with Gasteiger partial charge in [-0.05, 0) is 0 Å². The smallest absolute Gasteiger partial charge is 0.138 e. The van der Waals surface area contributed by atoms with Gasteiger partial charge in [0.05, 0.1) is 0 Å². The van der Waals surface area contributed by atoms with Gasteiger partial charge in [-0.1, -0.05) is 19.7 Å². The molecule has 37 valence electrons. The largest absolute Gasteiger partial charge is 0.401 e. The third kappa shape index (κ3) is 6.61. The second-order valence-electron chi connectivity index (χ2n) is 1.77. The van der Waals surface area contributed by atoms with Crippen LogP contribution in [-0.4, -0.2) is 27.9 Å². The molecule has 0 heterocycles. The summed E-state index contributed by atoms with van der Waals surface area (Å²) in [6.07, 6.45) is 1.97. The molecule has 0 atom stereocenters. The van der Waals surface area contributed by atoms with Gasteiger partial charge >= 0.3 is 0 Å². The summed E-state index contributed by atoms with van der Waals surface area (Å²) in [6.45, 7) is 3.84. The minimum atomic E-state index is -1.81. The van der Waals surface area contributed by atoms with Crippen LogP contribution in [0.2, 0.25) is 6.32 Å². The zero-order valence-corrected chi connectivity index (χ0v) is 5.95. The molecular weight excluding hydrogens is 111 g/mol. The average Bonchev–Trinajstić information content (AvgIpc) is 1.59. The van der Waals surface area contributed by atoms with Gasteiger partial charge in [-0.3, -0.25) is 0 Å². The van der Waals surface area contributed by atoms with Gasteiger partial charge in [-0.25, -0.2) is 0 Å². The molecule has 0 saturated heterocycles. The first-order valence-corrected chi connectivity index (χ1v) is 4.44. The summed E-state index contributed by atoms with van der Waals surface area (Å²) in [5.41, 5.74) is 0. The highest BCUT2D eigenvalue weighted by molar-refractivity contribution is 8.89. The SMILES string of the molecule is [B]S([B])([B])[B]CCC. The van der Waals surface area contributed by atoms with Crippen molar-refractivity contribution in [3.8, 4) is 0 Å². The lowest BCUT2D eigenvalue weighted by Crippen LogP contribution is -2.06. The number of hydrogen-bond acceptors (Lipinski definition) is 0. The van der Waals surface area contributed by atoms with Crippen LogP contribution in [0.15, 0.2) is 0 Å². The molecule has 0 aliphatic carbocycles. The van der Waals surface area contributed by atoms with Gasteiger partial charge in [0.2, 0.25) is 0 Å². The molecule has 0 unspecified atom stereocenters. The van der Waals surface area contributed by atoms with Crippen LogP contribution >= 0.6 is 9.43 Å². The van der Waals surface area contributed by atoms with Crippen molar-refractivity contribution in [1.29, 1.82) is 0 Å². The van der Waals surface area contributed by atoms with Crippen LogP contribution in [-0.2, 0) is 0 Å². The highest BCUT2D eigenvalue weighted by Gasteiger charge is 2.02. The van der Waals surface area contributed by atoms with Crippen LogP contribution < -0.4 is 0 Å². The Hall–Kier alpha value is 0.610. The fourth-order valence-electron chi connectivity index (χ4n) is 0.322. The van der Waals surface area contributed by atoms with Crippen molar-refractivity contribution in [3.05, 3.63) is 0 Å². The van der Waals surface area contributed by atoms with Crippen LogP contribution in [0.3, 0.4) is 0 Å². The van der Waals surface area contributed by atoms with E-state index in [1.165, 1.54) is 0 Å². The molecular formula is C3H7B4S. The van der Waals surface area contributed by atoms with Crippen molar-refractivity contribution in [2.24, 2.45) is 0 Å². The van der Waals surface area contributed by atoms with Crippen molar-refractivity contribution in [2.75, 3.05) is 0 Å². The van der Waals surface area contributed by atoms with Crippen LogP contribution in [0.4, 0.5) is 0 Å². The lowest BCUT2D eigenvalue weighted by Gasteiger charge is -2.25. The zero-order valence-electron chi connectivity index (χ0n) is 5.13. The zero-order chi connectivity index (χ0) is 6.62. The van der Waals surface area contributed by atoms with Gasteiger partial charge in [0.1, 0.15) is 27.9 Å². The van der Waals surface area contributed by atoms with Gasteiger partial charge in [-0.15, -0.1) is 0 Å². The maximum absolute atomic E-state index is 5.30. The Labute approximate surface area is 57.6 Å². The predicted molar refractivity (Wildman–Crippen MR) is 45.7 cm³/mol. The summed E-state index contributed by atoms with van der Waals surface area (Å²) in [5, 5.41) is 0. The Balaban J connectivity index is 3.11. The Morgan fingerprint density at radius 2 is 1.88 bits per heavy atom. The van der Waals surface area contributed by atoms with E-state index in [0.717, 1.165) is 12.7 Å². The molecule has 0 spiro atoms. The topological polar surface area (TPSA) is 0 Å². The highest BCUT2D eigenvalue weighted by atomic mass is 32.3. The quantitative estimate of drug-likeness (QED) is 0.473.